The molecule has 3 aliphatic heterocycles. The van der Waals surface area contributed by atoms with Gasteiger partial charge in [0.05, 0.1) is 19.2 Å². The maximum absolute atomic E-state index is 12.8. The zero-order valence-electron chi connectivity index (χ0n) is 22.1. The van der Waals surface area contributed by atoms with Gasteiger partial charge in [0.2, 0.25) is 0 Å². The molecule has 38 heavy (non-hydrogen) atoms. The van der Waals surface area contributed by atoms with Crippen LogP contribution in [0.25, 0.3) is 11.4 Å². The first-order chi connectivity index (χ1) is 18.3. The predicted octanol–water partition coefficient (Wildman–Crippen LogP) is 2.39. The van der Waals surface area contributed by atoms with Crippen LogP contribution in [0.2, 0.25) is 0 Å². The van der Waals surface area contributed by atoms with E-state index in [1.807, 2.05) is 36.1 Å². The van der Waals surface area contributed by atoms with Crippen LogP contribution in [0.5, 0.6) is 5.75 Å². The molecule has 0 aliphatic carbocycles. The van der Waals surface area contributed by atoms with Gasteiger partial charge < -0.3 is 30.1 Å². The molecule has 1 aromatic carbocycles. The van der Waals surface area contributed by atoms with Crippen LogP contribution in [0.4, 0.5) is 20.4 Å². The van der Waals surface area contributed by atoms with Crippen molar-refractivity contribution in [1.29, 1.82) is 0 Å². The molecule has 3 fully saturated rings. The van der Waals surface area contributed by atoms with Crippen LogP contribution >= 0.6 is 0 Å². The SMILES string of the molecule is CNCC(O)COc1cccc(-c2nc(N[C@@H]3CCOC3)c(C)c(N3CCC4(CN(CC(F)F)C4)C3)n2)c1. The highest BCUT2D eigenvalue weighted by atomic mass is 19.3. The fourth-order valence-corrected chi connectivity index (χ4v) is 5.74. The molecule has 0 radical (unpaired) electrons. The second-order valence-electron chi connectivity index (χ2n) is 10.8. The number of nitrogens with one attached hydrogen (secondary N) is 2. The minimum absolute atomic E-state index is 0.0429. The molecule has 0 bridgehead atoms. The molecule has 2 atom stereocenters. The predicted molar refractivity (Wildman–Crippen MR) is 142 cm³/mol. The van der Waals surface area contributed by atoms with E-state index in [4.69, 9.17) is 19.4 Å². The van der Waals surface area contributed by atoms with Gasteiger partial charge in [0.15, 0.2) is 5.82 Å². The van der Waals surface area contributed by atoms with Crippen LogP contribution in [-0.2, 0) is 4.74 Å². The summed E-state index contributed by atoms with van der Waals surface area (Å²) in [7, 11) is 1.78. The summed E-state index contributed by atoms with van der Waals surface area (Å²) in [6.07, 6.45) is -1.03. The molecule has 1 spiro atoms. The number of hydrogen-bond donors (Lipinski definition) is 3. The third-order valence-corrected chi connectivity index (χ3v) is 7.62. The smallest absolute Gasteiger partial charge is 0.251 e. The van der Waals surface area contributed by atoms with E-state index in [2.05, 4.69) is 15.5 Å². The summed E-state index contributed by atoms with van der Waals surface area (Å²) >= 11 is 0. The lowest BCUT2D eigenvalue weighted by atomic mass is 9.79. The van der Waals surface area contributed by atoms with E-state index in [0.29, 0.717) is 37.8 Å². The molecule has 1 unspecified atom stereocenters. The quantitative estimate of drug-likeness (QED) is 0.403. The fourth-order valence-electron chi connectivity index (χ4n) is 5.74. The topological polar surface area (TPSA) is 95.0 Å². The van der Waals surface area contributed by atoms with Crippen molar-refractivity contribution in [2.45, 2.75) is 38.3 Å². The Labute approximate surface area is 222 Å². The van der Waals surface area contributed by atoms with Gasteiger partial charge >= 0.3 is 0 Å². The van der Waals surface area contributed by atoms with Crippen molar-refractivity contribution < 1.29 is 23.4 Å². The summed E-state index contributed by atoms with van der Waals surface area (Å²) in [4.78, 5) is 14.0. The van der Waals surface area contributed by atoms with Crippen LogP contribution in [0.15, 0.2) is 24.3 Å². The van der Waals surface area contributed by atoms with Crippen molar-refractivity contribution in [2.75, 3.05) is 76.4 Å². The lowest BCUT2D eigenvalue weighted by molar-refractivity contribution is -0.0235. The molecule has 1 aromatic heterocycles. The number of anilines is 2. The Hall–Kier alpha value is -2.60. The monoisotopic (exact) mass is 532 g/mol. The lowest BCUT2D eigenvalue weighted by Gasteiger charge is -2.48. The normalized spacial score (nSPS) is 21.7. The minimum atomic E-state index is -2.30. The number of nitrogens with zero attached hydrogens (tertiary/aromatic N) is 4. The summed E-state index contributed by atoms with van der Waals surface area (Å²) in [5.74, 6) is 2.87. The number of likely N-dealkylation sites (N-methyl/N-ethyl adjacent to an activating group) is 1. The van der Waals surface area contributed by atoms with E-state index < -0.39 is 12.5 Å². The third-order valence-electron chi connectivity index (χ3n) is 7.62. The maximum atomic E-state index is 12.8. The van der Waals surface area contributed by atoms with E-state index in [1.165, 1.54) is 0 Å². The van der Waals surface area contributed by atoms with Gasteiger partial charge in [0.25, 0.3) is 6.43 Å². The van der Waals surface area contributed by atoms with Gasteiger partial charge in [-0.15, -0.1) is 0 Å². The number of aromatic nitrogens is 2. The van der Waals surface area contributed by atoms with Crippen molar-refractivity contribution in [3.05, 3.63) is 29.8 Å². The van der Waals surface area contributed by atoms with Gasteiger partial charge in [-0.2, -0.15) is 0 Å². The number of aliphatic hydroxyl groups excluding tert-OH is 1. The minimum Gasteiger partial charge on any atom is -0.491 e. The van der Waals surface area contributed by atoms with Crippen LogP contribution in [0, 0.1) is 12.3 Å². The third kappa shape index (κ3) is 6.17. The maximum Gasteiger partial charge on any atom is 0.251 e. The van der Waals surface area contributed by atoms with Crippen molar-refractivity contribution in [3.63, 3.8) is 0 Å². The first-order valence-electron chi connectivity index (χ1n) is 13.4. The van der Waals surface area contributed by atoms with E-state index in [1.54, 1.807) is 7.05 Å². The van der Waals surface area contributed by atoms with Crippen molar-refractivity contribution in [1.82, 2.24) is 20.2 Å². The van der Waals surface area contributed by atoms with Crippen LogP contribution in [-0.4, -0.2) is 105 Å². The standard InChI is InChI=1S/C27H38F2N6O3/c1-18-24(31-20-6-9-37-13-20)32-25(19-4-3-5-22(10-19)38-14-21(36)11-30-2)33-26(18)35-8-7-27(17-35)15-34(16-27)12-23(28)29/h3-5,10,20-21,23,30,36H,6-9,11-17H2,1-2H3,(H,31,32,33)/t20-,21?/m1/s1. The van der Waals surface area contributed by atoms with E-state index in [9.17, 15) is 13.9 Å². The Morgan fingerprint density at radius 1 is 1.26 bits per heavy atom. The average Bonchev–Trinajstić information content (AvgIpc) is 3.54. The van der Waals surface area contributed by atoms with Crippen molar-refractivity contribution >= 4 is 11.6 Å². The van der Waals surface area contributed by atoms with Crippen molar-refractivity contribution in [3.8, 4) is 17.1 Å². The Balaban J connectivity index is 1.39. The van der Waals surface area contributed by atoms with E-state index >= 15 is 0 Å². The summed E-state index contributed by atoms with van der Waals surface area (Å²) in [6.45, 7) is 6.90. The number of rotatable bonds is 11. The molecule has 0 amide bonds. The molecule has 0 saturated carbocycles. The second kappa shape index (κ2) is 11.6. The molecular formula is C27H38F2N6O3. The number of hydrogen-bond acceptors (Lipinski definition) is 9. The number of benzene rings is 1. The van der Waals surface area contributed by atoms with E-state index in [0.717, 1.165) is 55.3 Å². The highest BCUT2D eigenvalue weighted by Gasteiger charge is 2.48. The largest absolute Gasteiger partial charge is 0.491 e. The molecule has 9 nitrogen and oxygen atoms in total. The zero-order chi connectivity index (χ0) is 26.7. The van der Waals surface area contributed by atoms with E-state index in [-0.39, 0.29) is 24.6 Å². The molecule has 4 heterocycles. The molecule has 3 aliphatic rings. The van der Waals surface area contributed by atoms with Crippen LogP contribution in [0.1, 0.15) is 18.4 Å². The molecule has 5 rings (SSSR count). The lowest BCUT2D eigenvalue weighted by Crippen LogP contribution is -2.58. The molecule has 11 heteroatoms. The Morgan fingerprint density at radius 2 is 2.11 bits per heavy atom. The fraction of sp³-hybridized carbons (Fsp3) is 0.630. The summed E-state index contributed by atoms with van der Waals surface area (Å²) in [6, 6.07) is 7.78. The number of halogens is 2. The van der Waals surface area contributed by atoms with Gasteiger partial charge in [0, 0.05) is 55.9 Å². The second-order valence-corrected chi connectivity index (χ2v) is 10.8. The summed E-state index contributed by atoms with van der Waals surface area (Å²) in [5.41, 5.74) is 1.84. The van der Waals surface area contributed by atoms with Crippen LogP contribution < -0.4 is 20.3 Å². The first-order valence-corrected chi connectivity index (χ1v) is 13.4. The average molecular weight is 533 g/mol. The van der Waals surface area contributed by atoms with Gasteiger partial charge in [-0.25, -0.2) is 18.7 Å². The van der Waals surface area contributed by atoms with Gasteiger partial charge in [0.1, 0.15) is 30.1 Å². The molecule has 208 valence electrons. The number of alkyl halides is 2. The highest BCUT2D eigenvalue weighted by Crippen LogP contribution is 2.42. The Bertz CT molecular complexity index is 1090. The van der Waals surface area contributed by atoms with Crippen LogP contribution in [0.3, 0.4) is 0 Å². The number of aliphatic hydroxyl groups is 1. The number of likely N-dealkylation sites (tertiary alicyclic amines) is 1. The molecular weight excluding hydrogens is 494 g/mol. The van der Waals surface area contributed by atoms with Gasteiger partial charge in [-0.1, -0.05) is 12.1 Å². The Morgan fingerprint density at radius 3 is 2.84 bits per heavy atom. The molecule has 3 N–H and O–H groups in total. The summed E-state index contributed by atoms with van der Waals surface area (Å²) < 4.78 is 37.0. The van der Waals surface area contributed by atoms with Crippen molar-refractivity contribution in [2.24, 2.45) is 5.41 Å². The van der Waals surface area contributed by atoms with Gasteiger partial charge in [-0.3, -0.25) is 4.90 Å². The number of ether oxygens (including phenoxy) is 2. The molecule has 3 saturated heterocycles. The van der Waals surface area contributed by atoms with Gasteiger partial charge in [-0.05, 0) is 38.9 Å². The highest BCUT2D eigenvalue weighted by molar-refractivity contribution is 5.67. The molecule has 2 aromatic rings. The summed E-state index contributed by atoms with van der Waals surface area (Å²) in [5, 5.41) is 16.5. The Kier molecular flexibility index (Phi) is 8.27. The first kappa shape index (κ1) is 27.0. The zero-order valence-corrected chi connectivity index (χ0v) is 22.1.